The van der Waals surface area contributed by atoms with Crippen molar-refractivity contribution in [3.63, 3.8) is 0 Å². The normalized spacial score (nSPS) is 13.2. The lowest BCUT2D eigenvalue weighted by atomic mass is 9.88. The number of nitrogens with zero attached hydrogens (tertiary/aromatic N) is 2. The third kappa shape index (κ3) is 2.31. The Morgan fingerprint density at radius 3 is 2.14 bits per heavy atom. The quantitative estimate of drug-likeness (QED) is 0.584. The maximum Gasteiger partial charge on any atom is 0.230 e. The van der Waals surface area contributed by atoms with Crippen molar-refractivity contribution in [1.82, 2.24) is 9.97 Å². The average molecular weight is 282 g/mol. The van der Waals surface area contributed by atoms with Gasteiger partial charge < -0.3 is 4.42 Å². The number of rotatable bonds is 0. The molecule has 2 aromatic heterocycles. The fraction of sp³-hybridized carbons (Fsp3) is 0.444. The number of fused-ring (bicyclic) bond motifs is 3. The lowest BCUT2D eigenvalue weighted by molar-refractivity contribution is 0.513. The number of para-hydroxylation sites is 1. The molecule has 0 bridgehead atoms. The minimum Gasteiger partial charge on any atom is -0.438 e. The summed E-state index contributed by atoms with van der Waals surface area (Å²) in [5.74, 6) is 0.832. The van der Waals surface area contributed by atoms with Gasteiger partial charge in [0.1, 0.15) is 11.4 Å². The highest BCUT2D eigenvalue weighted by Gasteiger charge is 2.27. The molecule has 0 radical (unpaired) electrons. The Kier molecular flexibility index (Phi) is 2.88. The van der Waals surface area contributed by atoms with E-state index in [1.54, 1.807) is 0 Å². The van der Waals surface area contributed by atoms with E-state index in [0.717, 1.165) is 27.9 Å². The van der Waals surface area contributed by atoms with Crippen LogP contribution in [0.15, 0.2) is 28.7 Å². The number of furan rings is 1. The minimum absolute atomic E-state index is 0.0617. The SMILES string of the molecule is CC(C)(C)c1nc(C(C)(C)C)c2c(n1)oc1ccccc12. The van der Waals surface area contributed by atoms with Crippen LogP contribution in [0.25, 0.3) is 22.1 Å². The van der Waals surface area contributed by atoms with Gasteiger partial charge in [-0.05, 0) is 6.07 Å². The summed E-state index contributed by atoms with van der Waals surface area (Å²) in [5.41, 5.74) is 2.46. The Balaban J connectivity index is 2.48. The fourth-order valence-electron chi connectivity index (χ4n) is 2.50. The zero-order chi connectivity index (χ0) is 15.4. The molecule has 0 aliphatic rings. The second-order valence-corrected chi connectivity index (χ2v) is 7.67. The monoisotopic (exact) mass is 282 g/mol. The molecule has 0 unspecified atom stereocenters. The highest BCUT2D eigenvalue weighted by molar-refractivity contribution is 6.05. The van der Waals surface area contributed by atoms with Crippen LogP contribution in [0, 0.1) is 0 Å². The second-order valence-electron chi connectivity index (χ2n) is 7.67. The molecule has 3 aromatic rings. The Morgan fingerprint density at radius 2 is 1.52 bits per heavy atom. The molecular weight excluding hydrogens is 260 g/mol. The second kappa shape index (κ2) is 4.30. The Hall–Kier alpha value is -1.90. The highest BCUT2D eigenvalue weighted by Crippen LogP contribution is 2.36. The lowest BCUT2D eigenvalue weighted by Crippen LogP contribution is -2.21. The molecule has 3 heteroatoms. The van der Waals surface area contributed by atoms with Gasteiger partial charge in [0.15, 0.2) is 0 Å². The van der Waals surface area contributed by atoms with Crippen molar-refractivity contribution in [2.75, 3.05) is 0 Å². The van der Waals surface area contributed by atoms with Gasteiger partial charge in [-0.3, -0.25) is 0 Å². The summed E-state index contributed by atoms with van der Waals surface area (Å²) in [6, 6.07) is 8.08. The fourth-order valence-corrected chi connectivity index (χ4v) is 2.50. The van der Waals surface area contributed by atoms with Gasteiger partial charge in [0.05, 0.1) is 11.1 Å². The van der Waals surface area contributed by atoms with Gasteiger partial charge in [-0.25, -0.2) is 4.98 Å². The van der Waals surface area contributed by atoms with Gasteiger partial charge in [0, 0.05) is 16.2 Å². The third-order valence-electron chi connectivity index (χ3n) is 3.62. The molecule has 0 N–H and O–H groups in total. The van der Waals surface area contributed by atoms with Crippen molar-refractivity contribution in [2.45, 2.75) is 52.4 Å². The van der Waals surface area contributed by atoms with Gasteiger partial charge in [-0.1, -0.05) is 59.7 Å². The average Bonchev–Trinajstić information content (AvgIpc) is 2.73. The number of benzene rings is 1. The number of hydrogen-bond acceptors (Lipinski definition) is 3. The molecule has 110 valence electrons. The standard InChI is InChI=1S/C18H22N2O/c1-17(2,3)14-13-11-9-7-8-10-12(11)21-15(13)20-16(19-14)18(4,5)6/h7-10H,1-6H3. The Morgan fingerprint density at radius 1 is 0.857 bits per heavy atom. The van der Waals surface area contributed by atoms with Crippen molar-refractivity contribution in [3.05, 3.63) is 35.8 Å². The first kappa shape index (κ1) is 14.1. The molecule has 2 heterocycles. The van der Waals surface area contributed by atoms with Crippen LogP contribution in [-0.2, 0) is 10.8 Å². The predicted molar refractivity (Wildman–Crippen MR) is 86.7 cm³/mol. The molecule has 0 spiro atoms. The van der Waals surface area contributed by atoms with Crippen molar-refractivity contribution < 1.29 is 4.42 Å². The molecular formula is C18H22N2O. The summed E-state index contributed by atoms with van der Waals surface area (Å²) in [6.07, 6.45) is 0. The van der Waals surface area contributed by atoms with E-state index >= 15 is 0 Å². The molecule has 21 heavy (non-hydrogen) atoms. The molecule has 0 amide bonds. The van der Waals surface area contributed by atoms with E-state index in [-0.39, 0.29) is 10.8 Å². The largest absolute Gasteiger partial charge is 0.438 e. The summed E-state index contributed by atoms with van der Waals surface area (Å²) in [5, 5.41) is 2.14. The van der Waals surface area contributed by atoms with E-state index in [2.05, 4.69) is 52.6 Å². The van der Waals surface area contributed by atoms with Crippen LogP contribution < -0.4 is 0 Å². The van der Waals surface area contributed by atoms with E-state index in [4.69, 9.17) is 9.40 Å². The molecule has 1 aromatic carbocycles. The molecule has 0 fully saturated rings. The van der Waals surface area contributed by atoms with Crippen LogP contribution in [0.4, 0.5) is 0 Å². The van der Waals surface area contributed by atoms with E-state index in [0.29, 0.717) is 5.71 Å². The zero-order valence-electron chi connectivity index (χ0n) is 13.6. The van der Waals surface area contributed by atoms with Gasteiger partial charge in [0.2, 0.25) is 5.71 Å². The zero-order valence-corrected chi connectivity index (χ0v) is 13.6. The summed E-state index contributed by atoms with van der Waals surface area (Å²) in [7, 11) is 0. The summed E-state index contributed by atoms with van der Waals surface area (Å²) in [4.78, 5) is 9.57. The minimum atomic E-state index is -0.104. The lowest BCUT2D eigenvalue weighted by Gasteiger charge is -2.23. The third-order valence-corrected chi connectivity index (χ3v) is 3.62. The van der Waals surface area contributed by atoms with Gasteiger partial charge in [0.25, 0.3) is 0 Å². The van der Waals surface area contributed by atoms with Crippen molar-refractivity contribution in [2.24, 2.45) is 0 Å². The van der Waals surface area contributed by atoms with E-state index in [9.17, 15) is 0 Å². The molecule has 0 saturated carbocycles. The predicted octanol–water partition coefficient (Wildman–Crippen LogP) is 4.97. The van der Waals surface area contributed by atoms with E-state index < -0.39 is 0 Å². The summed E-state index contributed by atoms with van der Waals surface area (Å²) in [6.45, 7) is 12.9. The molecule has 0 aliphatic carbocycles. The van der Waals surface area contributed by atoms with E-state index in [1.165, 1.54) is 0 Å². The van der Waals surface area contributed by atoms with E-state index in [1.807, 2.05) is 18.2 Å². The van der Waals surface area contributed by atoms with Crippen LogP contribution in [0.1, 0.15) is 53.1 Å². The van der Waals surface area contributed by atoms with Crippen LogP contribution >= 0.6 is 0 Å². The summed E-state index contributed by atoms with van der Waals surface area (Å²) < 4.78 is 5.97. The molecule has 0 atom stereocenters. The molecule has 3 rings (SSSR count). The van der Waals surface area contributed by atoms with Crippen molar-refractivity contribution in [1.29, 1.82) is 0 Å². The topological polar surface area (TPSA) is 38.9 Å². The van der Waals surface area contributed by atoms with Crippen LogP contribution in [0.5, 0.6) is 0 Å². The first-order valence-electron chi connectivity index (χ1n) is 7.38. The van der Waals surface area contributed by atoms with Crippen molar-refractivity contribution >= 4 is 22.1 Å². The maximum absolute atomic E-state index is 5.97. The van der Waals surface area contributed by atoms with Gasteiger partial charge in [-0.2, -0.15) is 4.98 Å². The Labute approximate surface area is 125 Å². The first-order chi connectivity index (χ1) is 9.68. The maximum atomic E-state index is 5.97. The smallest absolute Gasteiger partial charge is 0.230 e. The van der Waals surface area contributed by atoms with Crippen LogP contribution in [-0.4, -0.2) is 9.97 Å². The molecule has 0 aliphatic heterocycles. The van der Waals surface area contributed by atoms with Crippen molar-refractivity contribution in [3.8, 4) is 0 Å². The van der Waals surface area contributed by atoms with Gasteiger partial charge >= 0.3 is 0 Å². The van der Waals surface area contributed by atoms with Crippen LogP contribution in [0.3, 0.4) is 0 Å². The molecule has 3 nitrogen and oxygen atoms in total. The highest BCUT2D eigenvalue weighted by atomic mass is 16.3. The number of hydrogen-bond donors (Lipinski definition) is 0. The Bertz CT molecular complexity index is 817. The number of aromatic nitrogens is 2. The molecule has 0 saturated heterocycles. The van der Waals surface area contributed by atoms with Crippen LogP contribution in [0.2, 0.25) is 0 Å². The summed E-state index contributed by atoms with van der Waals surface area (Å²) >= 11 is 0. The van der Waals surface area contributed by atoms with Gasteiger partial charge in [-0.15, -0.1) is 0 Å². The first-order valence-corrected chi connectivity index (χ1v) is 7.38.